The number of carbonyl (C=O) groups excluding carboxylic acids is 1. The maximum atomic E-state index is 11.7. The summed E-state index contributed by atoms with van der Waals surface area (Å²) in [4.78, 5) is 11.7. The third-order valence-corrected chi connectivity index (χ3v) is 2.85. The number of urea groups is 1. The van der Waals surface area contributed by atoms with Crippen LogP contribution in [0.15, 0.2) is 48.5 Å². The van der Waals surface area contributed by atoms with Crippen LogP contribution in [0.4, 0.5) is 10.5 Å². The van der Waals surface area contributed by atoms with Crippen LogP contribution in [0, 0.1) is 11.3 Å². The van der Waals surface area contributed by atoms with E-state index in [4.69, 9.17) is 16.9 Å². The molecule has 0 bridgehead atoms. The summed E-state index contributed by atoms with van der Waals surface area (Å²) < 4.78 is 0. The van der Waals surface area contributed by atoms with Gasteiger partial charge < -0.3 is 10.6 Å². The fourth-order valence-electron chi connectivity index (χ4n) is 1.62. The van der Waals surface area contributed by atoms with Gasteiger partial charge in [0.05, 0.1) is 11.6 Å². The highest BCUT2D eigenvalue weighted by Gasteiger charge is 2.02. The molecule has 2 rings (SSSR count). The molecule has 0 aliphatic heterocycles. The first-order valence-electron chi connectivity index (χ1n) is 5.97. The summed E-state index contributed by atoms with van der Waals surface area (Å²) in [5.41, 5.74) is 2.15. The molecule has 2 aromatic carbocycles. The number of benzene rings is 2. The van der Waals surface area contributed by atoms with Crippen LogP contribution < -0.4 is 10.6 Å². The van der Waals surface area contributed by atoms with Gasteiger partial charge in [0.1, 0.15) is 0 Å². The first-order valence-corrected chi connectivity index (χ1v) is 6.34. The number of rotatable bonds is 3. The predicted molar refractivity (Wildman–Crippen MR) is 78.5 cm³/mol. The third kappa shape index (κ3) is 4.01. The van der Waals surface area contributed by atoms with Gasteiger partial charge in [0.15, 0.2) is 0 Å². The number of hydrogen-bond acceptors (Lipinski definition) is 2. The van der Waals surface area contributed by atoms with Crippen molar-refractivity contribution in [2.24, 2.45) is 0 Å². The predicted octanol–water partition coefficient (Wildman–Crippen LogP) is 3.53. The van der Waals surface area contributed by atoms with Gasteiger partial charge in [-0.1, -0.05) is 29.8 Å². The summed E-state index contributed by atoms with van der Waals surface area (Å²) >= 11 is 5.83. The van der Waals surface area contributed by atoms with Crippen molar-refractivity contribution < 1.29 is 4.79 Å². The first-order chi connectivity index (χ1) is 9.67. The van der Waals surface area contributed by atoms with E-state index in [1.807, 2.05) is 6.07 Å². The van der Waals surface area contributed by atoms with Crippen LogP contribution in [-0.2, 0) is 6.54 Å². The molecule has 2 amide bonds. The Hall–Kier alpha value is -2.51. The van der Waals surface area contributed by atoms with Gasteiger partial charge in [0.25, 0.3) is 0 Å². The monoisotopic (exact) mass is 285 g/mol. The normalized spacial score (nSPS) is 9.60. The molecule has 0 atom stereocenters. The molecule has 0 aliphatic carbocycles. The van der Waals surface area contributed by atoms with Crippen molar-refractivity contribution in [3.63, 3.8) is 0 Å². The van der Waals surface area contributed by atoms with Gasteiger partial charge in [0.2, 0.25) is 0 Å². The average Bonchev–Trinajstić information content (AvgIpc) is 2.46. The Bertz CT molecular complexity index is 647. The Balaban J connectivity index is 1.87. The Morgan fingerprint density at radius 2 is 1.95 bits per heavy atom. The molecule has 2 aromatic rings. The van der Waals surface area contributed by atoms with E-state index in [0.717, 1.165) is 5.56 Å². The van der Waals surface area contributed by atoms with Crippen LogP contribution in [-0.4, -0.2) is 6.03 Å². The molecular weight excluding hydrogens is 274 g/mol. The molecule has 0 unspecified atom stereocenters. The van der Waals surface area contributed by atoms with E-state index < -0.39 is 0 Å². The van der Waals surface area contributed by atoms with Crippen LogP contribution >= 0.6 is 11.6 Å². The van der Waals surface area contributed by atoms with Gasteiger partial charge in [-0.25, -0.2) is 4.79 Å². The fourth-order valence-corrected chi connectivity index (χ4v) is 1.81. The third-order valence-electron chi connectivity index (χ3n) is 2.62. The number of nitriles is 1. The maximum absolute atomic E-state index is 11.7. The highest BCUT2D eigenvalue weighted by molar-refractivity contribution is 6.30. The number of nitrogens with zero attached hydrogens (tertiary/aromatic N) is 1. The molecule has 20 heavy (non-hydrogen) atoms. The lowest BCUT2D eigenvalue weighted by molar-refractivity contribution is 0.251. The maximum Gasteiger partial charge on any atom is 0.319 e. The molecule has 2 N–H and O–H groups in total. The van der Waals surface area contributed by atoms with Crippen molar-refractivity contribution in [1.82, 2.24) is 5.32 Å². The number of carbonyl (C=O) groups is 1. The van der Waals surface area contributed by atoms with E-state index in [-0.39, 0.29) is 6.03 Å². The summed E-state index contributed by atoms with van der Waals surface area (Å²) in [6.07, 6.45) is 0. The summed E-state index contributed by atoms with van der Waals surface area (Å²) in [7, 11) is 0. The Labute approximate surface area is 122 Å². The number of amides is 2. The second-order valence-electron chi connectivity index (χ2n) is 4.13. The topological polar surface area (TPSA) is 64.9 Å². The zero-order valence-corrected chi connectivity index (χ0v) is 11.3. The quantitative estimate of drug-likeness (QED) is 0.906. The molecule has 0 saturated carbocycles. The molecule has 0 aromatic heterocycles. The van der Waals surface area contributed by atoms with E-state index >= 15 is 0 Å². The summed E-state index contributed by atoms with van der Waals surface area (Å²) in [5.74, 6) is 0. The van der Waals surface area contributed by atoms with Gasteiger partial charge in [0, 0.05) is 17.3 Å². The standard InChI is InChI=1S/C15H12ClN3O/c16-13-2-1-3-14(8-13)19-15(20)18-10-12-6-4-11(9-17)5-7-12/h1-8H,10H2,(H2,18,19,20). The van der Waals surface area contributed by atoms with Gasteiger partial charge in [-0.15, -0.1) is 0 Å². The highest BCUT2D eigenvalue weighted by Crippen LogP contribution is 2.14. The van der Waals surface area contributed by atoms with Crippen molar-refractivity contribution in [3.8, 4) is 6.07 Å². The number of anilines is 1. The molecule has 0 heterocycles. The Kier molecular flexibility index (Phi) is 4.59. The smallest absolute Gasteiger partial charge is 0.319 e. The van der Waals surface area contributed by atoms with Gasteiger partial charge in [-0.2, -0.15) is 5.26 Å². The summed E-state index contributed by atoms with van der Waals surface area (Å²) in [6, 6.07) is 15.7. The molecule has 0 radical (unpaired) electrons. The van der Waals surface area contributed by atoms with Gasteiger partial charge in [-0.3, -0.25) is 0 Å². The van der Waals surface area contributed by atoms with Crippen molar-refractivity contribution in [3.05, 3.63) is 64.7 Å². The van der Waals surface area contributed by atoms with Crippen LogP contribution in [0.1, 0.15) is 11.1 Å². The number of nitrogens with one attached hydrogen (secondary N) is 2. The molecule has 100 valence electrons. The van der Waals surface area contributed by atoms with Crippen LogP contribution in [0.2, 0.25) is 5.02 Å². The summed E-state index contributed by atoms with van der Waals surface area (Å²) in [5, 5.41) is 14.7. The minimum atomic E-state index is -0.309. The molecule has 4 nitrogen and oxygen atoms in total. The SMILES string of the molecule is N#Cc1ccc(CNC(=O)Nc2cccc(Cl)c2)cc1. The lowest BCUT2D eigenvalue weighted by Crippen LogP contribution is -2.28. The molecule has 5 heteroatoms. The van der Waals surface area contributed by atoms with E-state index in [0.29, 0.717) is 22.8 Å². The average molecular weight is 286 g/mol. The molecule has 0 spiro atoms. The number of hydrogen-bond donors (Lipinski definition) is 2. The van der Waals surface area contributed by atoms with Gasteiger partial charge in [-0.05, 0) is 35.9 Å². The molecule has 0 saturated heterocycles. The van der Waals surface area contributed by atoms with Crippen molar-refractivity contribution in [2.45, 2.75) is 6.54 Å². The second-order valence-corrected chi connectivity index (χ2v) is 4.56. The van der Waals surface area contributed by atoms with Crippen molar-refractivity contribution >= 4 is 23.3 Å². The summed E-state index contributed by atoms with van der Waals surface area (Å²) in [6.45, 7) is 0.387. The minimum absolute atomic E-state index is 0.309. The largest absolute Gasteiger partial charge is 0.334 e. The Morgan fingerprint density at radius 3 is 2.60 bits per heavy atom. The second kappa shape index (κ2) is 6.60. The van der Waals surface area contributed by atoms with E-state index in [2.05, 4.69) is 10.6 Å². The minimum Gasteiger partial charge on any atom is -0.334 e. The van der Waals surface area contributed by atoms with Crippen LogP contribution in [0.3, 0.4) is 0 Å². The first kappa shape index (κ1) is 13.9. The van der Waals surface area contributed by atoms with E-state index in [1.165, 1.54) is 0 Å². The fraction of sp³-hybridized carbons (Fsp3) is 0.0667. The molecular formula is C15H12ClN3O. The van der Waals surface area contributed by atoms with E-state index in [1.54, 1.807) is 48.5 Å². The zero-order valence-electron chi connectivity index (χ0n) is 10.6. The Morgan fingerprint density at radius 1 is 1.20 bits per heavy atom. The van der Waals surface area contributed by atoms with Gasteiger partial charge >= 0.3 is 6.03 Å². The van der Waals surface area contributed by atoms with Crippen LogP contribution in [0.25, 0.3) is 0 Å². The van der Waals surface area contributed by atoms with E-state index in [9.17, 15) is 4.79 Å². The van der Waals surface area contributed by atoms with Crippen LogP contribution in [0.5, 0.6) is 0 Å². The highest BCUT2D eigenvalue weighted by atomic mass is 35.5. The molecule has 0 fully saturated rings. The van der Waals surface area contributed by atoms with Crippen molar-refractivity contribution in [1.29, 1.82) is 5.26 Å². The zero-order chi connectivity index (χ0) is 14.4. The lowest BCUT2D eigenvalue weighted by atomic mass is 10.1. The molecule has 0 aliphatic rings. The number of halogens is 1. The van der Waals surface area contributed by atoms with Crippen molar-refractivity contribution in [2.75, 3.05) is 5.32 Å². The lowest BCUT2D eigenvalue weighted by Gasteiger charge is -2.08.